The summed E-state index contributed by atoms with van der Waals surface area (Å²) in [5.74, 6) is 5.46. The van der Waals surface area contributed by atoms with Crippen molar-refractivity contribution in [2.75, 3.05) is 7.11 Å². The maximum atomic E-state index is 11.7. The molecule has 3 N–H and O–H groups in total. The molecule has 1 aromatic carbocycles. The Bertz CT molecular complexity index is 405. The van der Waals surface area contributed by atoms with E-state index in [-0.39, 0.29) is 5.91 Å². The lowest BCUT2D eigenvalue weighted by molar-refractivity contribution is -0.125. The third-order valence-electron chi connectivity index (χ3n) is 2.53. The van der Waals surface area contributed by atoms with Gasteiger partial charge >= 0.3 is 0 Å². The first kappa shape index (κ1) is 12.8. The second kappa shape index (κ2) is 4.72. The molecule has 1 amide bonds. The van der Waals surface area contributed by atoms with E-state index in [4.69, 9.17) is 22.2 Å². The number of hydrazine groups is 1. The molecule has 0 aliphatic rings. The molecule has 0 radical (unpaired) electrons. The summed E-state index contributed by atoms with van der Waals surface area (Å²) in [4.78, 5) is 11.7. The van der Waals surface area contributed by atoms with Gasteiger partial charge in [-0.15, -0.1) is 0 Å². The summed E-state index contributed by atoms with van der Waals surface area (Å²) in [6, 6.07) is 5.14. The number of ether oxygens (including phenoxy) is 1. The van der Waals surface area contributed by atoms with Gasteiger partial charge in [0, 0.05) is 10.6 Å². The fraction of sp³-hybridized carbons (Fsp3) is 0.364. The van der Waals surface area contributed by atoms with Crippen LogP contribution in [0.3, 0.4) is 0 Å². The Morgan fingerprint density at radius 2 is 2.12 bits per heavy atom. The lowest BCUT2D eigenvalue weighted by Crippen LogP contribution is -2.43. The van der Waals surface area contributed by atoms with Crippen molar-refractivity contribution < 1.29 is 9.53 Å². The highest BCUT2D eigenvalue weighted by atomic mass is 35.5. The average Bonchev–Trinajstić information content (AvgIpc) is 2.27. The standard InChI is InChI=1S/C11H15ClN2O2/c1-11(2,10(15)14-13)8-6-7(12)4-5-9(8)16-3/h4-6H,13H2,1-3H3,(H,14,15). The third kappa shape index (κ3) is 2.28. The fourth-order valence-corrected chi connectivity index (χ4v) is 1.64. The first-order chi connectivity index (χ1) is 7.43. The first-order valence-corrected chi connectivity index (χ1v) is 5.16. The van der Waals surface area contributed by atoms with Crippen LogP contribution in [0.4, 0.5) is 0 Å². The van der Waals surface area contributed by atoms with Gasteiger partial charge in [0.05, 0.1) is 12.5 Å². The number of amides is 1. The Balaban J connectivity index is 3.30. The molecular formula is C11H15ClN2O2. The Morgan fingerprint density at radius 3 is 2.62 bits per heavy atom. The zero-order valence-electron chi connectivity index (χ0n) is 9.50. The van der Waals surface area contributed by atoms with Gasteiger partial charge in [0.25, 0.3) is 0 Å². The largest absolute Gasteiger partial charge is 0.496 e. The number of methoxy groups -OCH3 is 1. The molecule has 0 fully saturated rings. The van der Waals surface area contributed by atoms with E-state index in [0.717, 1.165) is 0 Å². The van der Waals surface area contributed by atoms with Crippen LogP contribution in [0, 0.1) is 0 Å². The quantitative estimate of drug-likeness (QED) is 0.481. The molecule has 16 heavy (non-hydrogen) atoms. The molecule has 0 bridgehead atoms. The molecular weight excluding hydrogens is 228 g/mol. The average molecular weight is 243 g/mol. The molecule has 0 atom stereocenters. The van der Waals surface area contributed by atoms with Gasteiger partial charge in [-0.3, -0.25) is 10.2 Å². The van der Waals surface area contributed by atoms with Crippen LogP contribution in [0.25, 0.3) is 0 Å². The van der Waals surface area contributed by atoms with Crippen molar-refractivity contribution in [3.8, 4) is 5.75 Å². The minimum Gasteiger partial charge on any atom is -0.496 e. The highest BCUT2D eigenvalue weighted by molar-refractivity contribution is 6.30. The highest BCUT2D eigenvalue weighted by Gasteiger charge is 2.32. The van der Waals surface area contributed by atoms with Crippen LogP contribution in [-0.2, 0) is 10.2 Å². The second-order valence-corrected chi connectivity index (χ2v) is 4.38. The summed E-state index contributed by atoms with van der Waals surface area (Å²) in [7, 11) is 1.54. The molecule has 5 heteroatoms. The molecule has 1 rings (SSSR count). The smallest absolute Gasteiger partial charge is 0.244 e. The van der Waals surface area contributed by atoms with E-state index >= 15 is 0 Å². The molecule has 88 valence electrons. The van der Waals surface area contributed by atoms with Crippen molar-refractivity contribution in [1.82, 2.24) is 5.43 Å². The minimum absolute atomic E-state index is 0.298. The molecule has 0 saturated heterocycles. The number of carbonyl (C=O) groups is 1. The van der Waals surface area contributed by atoms with Gasteiger partial charge in [0.15, 0.2) is 0 Å². The Kier molecular flexibility index (Phi) is 3.78. The number of hydrogen-bond acceptors (Lipinski definition) is 3. The summed E-state index contributed by atoms with van der Waals surface area (Å²) in [6.07, 6.45) is 0. The van der Waals surface area contributed by atoms with Crippen LogP contribution in [0.5, 0.6) is 5.75 Å². The predicted octanol–water partition coefficient (Wildman–Crippen LogP) is 1.62. The number of benzene rings is 1. The first-order valence-electron chi connectivity index (χ1n) is 4.78. The van der Waals surface area contributed by atoms with Crippen molar-refractivity contribution in [2.45, 2.75) is 19.3 Å². The molecule has 0 saturated carbocycles. The topological polar surface area (TPSA) is 64.3 Å². The van der Waals surface area contributed by atoms with Gasteiger partial charge in [-0.2, -0.15) is 0 Å². The summed E-state index contributed by atoms with van der Waals surface area (Å²) in [6.45, 7) is 3.51. The highest BCUT2D eigenvalue weighted by Crippen LogP contribution is 2.33. The van der Waals surface area contributed by atoms with Crippen molar-refractivity contribution in [2.24, 2.45) is 5.84 Å². The van der Waals surface area contributed by atoms with Crippen LogP contribution < -0.4 is 16.0 Å². The van der Waals surface area contributed by atoms with E-state index in [2.05, 4.69) is 5.43 Å². The summed E-state index contributed by atoms with van der Waals surface area (Å²) in [5, 5.41) is 0.550. The predicted molar refractivity (Wildman–Crippen MR) is 63.4 cm³/mol. The lowest BCUT2D eigenvalue weighted by Gasteiger charge is -2.25. The van der Waals surface area contributed by atoms with E-state index in [1.165, 1.54) is 0 Å². The molecule has 1 aromatic rings. The Hall–Kier alpha value is -1.26. The summed E-state index contributed by atoms with van der Waals surface area (Å²) in [5.41, 5.74) is 2.04. The molecule has 0 spiro atoms. The lowest BCUT2D eigenvalue weighted by atomic mass is 9.83. The van der Waals surface area contributed by atoms with Gasteiger partial charge in [0.1, 0.15) is 5.75 Å². The molecule has 0 aliphatic carbocycles. The van der Waals surface area contributed by atoms with E-state index in [9.17, 15) is 4.79 Å². The molecule has 0 heterocycles. The second-order valence-electron chi connectivity index (χ2n) is 3.94. The Morgan fingerprint density at radius 1 is 1.50 bits per heavy atom. The van der Waals surface area contributed by atoms with E-state index < -0.39 is 5.41 Å². The van der Waals surface area contributed by atoms with E-state index in [0.29, 0.717) is 16.3 Å². The molecule has 0 unspecified atom stereocenters. The number of nitrogens with one attached hydrogen (secondary N) is 1. The van der Waals surface area contributed by atoms with Crippen LogP contribution in [0.1, 0.15) is 19.4 Å². The summed E-state index contributed by atoms with van der Waals surface area (Å²) < 4.78 is 5.20. The minimum atomic E-state index is -0.801. The third-order valence-corrected chi connectivity index (χ3v) is 2.77. The number of hydrogen-bond donors (Lipinski definition) is 2. The zero-order chi connectivity index (χ0) is 12.3. The fourth-order valence-electron chi connectivity index (χ4n) is 1.47. The van der Waals surface area contributed by atoms with Gasteiger partial charge < -0.3 is 4.74 Å². The maximum absolute atomic E-state index is 11.7. The van der Waals surface area contributed by atoms with Crippen molar-refractivity contribution in [3.63, 3.8) is 0 Å². The normalized spacial score (nSPS) is 11.1. The van der Waals surface area contributed by atoms with E-state index in [1.807, 2.05) is 0 Å². The Labute approximate surface area is 99.7 Å². The number of rotatable bonds is 3. The number of halogens is 1. The van der Waals surface area contributed by atoms with Gasteiger partial charge in [-0.05, 0) is 32.0 Å². The maximum Gasteiger partial charge on any atom is 0.244 e. The van der Waals surface area contributed by atoms with Gasteiger partial charge in [-0.1, -0.05) is 11.6 Å². The zero-order valence-corrected chi connectivity index (χ0v) is 10.3. The van der Waals surface area contributed by atoms with Crippen molar-refractivity contribution in [3.05, 3.63) is 28.8 Å². The van der Waals surface area contributed by atoms with Crippen molar-refractivity contribution >= 4 is 17.5 Å². The number of carbonyl (C=O) groups excluding carboxylic acids is 1. The summed E-state index contributed by atoms with van der Waals surface area (Å²) >= 11 is 5.91. The molecule has 0 aliphatic heterocycles. The number of nitrogens with two attached hydrogens (primary N) is 1. The van der Waals surface area contributed by atoms with Gasteiger partial charge in [-0.25, -0.2) is 5.84 Å². The van der Waals surface area contributed by atoms with Gasteiger partial charge in [0.2, 0.25) is 5.91 Å². The molecule has 0 aromatic heterocycles. The molecule has 4 nitrogen and oxygen atoms in total. The van der Waals surface area contributed by atoms with Crippen LogP contribution in [0.2, 0.25) is 5.02 Å². The van der Waals surface area contributed by atoms with Crippen LogP contribution in [0.15, 0.2) is 18.2 Å². The van der Waals surface area contributed by atoms with Crippen LogP contribution >= 0.6 is 11.6 Å². The van der Waals surface area contributed by atoms with Crippen LogP contribution in [-0.4, -0.2) is 13.0 Å². The van der Waals surface area contributed by atoms with E-state index in [1.54, 1.807) is 39.2 Å². The van der Waals surface area contributed by atoms with Crippen molar-refractivity contribution in [1.29, 1.82) is 0 Å². The monoisotopic (exact) mass is 242 g/mol. The SMILES string of the molecule is COc1ccc(Cl)cc1C(C)(C)C(=O)NN.